The zero-order valence-electron chi connectivity index (χ0n) is 10.6. The van der Waals surface area contributed by atoms with Crippen LogP contribution in [0.3, 0.4) is 0 Å². The van der Waals surface area contributed by atoms with Crippen LogP contribution >= 0.6 is 0 Å². The lowest BCUT2D eigenvalue weighted by atomic mass is 10.2. The number of nitrogens with zero attached hydrogens (tertiary/aromatic N) is 4. The highest BCUT2D eigenvalue weighted by molar-refractivity contribution is 5.38. The Morgan fingerprint density at radius 1 is 1.18 bits per heavy atom. The predicted octanol–water partition coefficient (Wildman–Crippen LogP) is 1.98. The van der Waals surface area contributed by atoms with Gasteiger partial charge in [-0.25, -0.2) is 14.6 Å². The molecule has 0 aliphatic rings. The number of aromatic nitrogens is 4. The Morgan fingerprint density at radius 2 is 1.88 bits per heavy atom. The number of anilines is 1. The molecule has 0 bridgehead atoms. The largest absolute Gasteiger partial charge is 0.384 e. The molecular weight excluding hydrogens is 214 g/mol. The zero-order valence-corrected chi connectivity index (χ0v) is 10.6. The minimum atomic E-state index is 0.245. The minimum Gasteiger partial charge on any atom is -0.384 e. The third-order valence-corrected chi connectivity index (χ3v) is 2.49. The summed E-state index contributed by atoms with van der Waals surface area (Å²) in [5.41, 5.74) is 7.80. The van der Waals surface area contributed by atoms with E-state index < -0.39 is 0 Å². The Labute approximate surface area is 101 Å². The van der Waals surface area contributed by atoms with Crippen molar-refractivity contribution in [1.82, 2.24) is 19.7 Å². The third-order valence-electron chi connectivity index (χ3n) is 2.49. The normalized spacial score (nSPS) is 11.1. The van der Waals surface area contributed by atoms with Crippen LogP contribution in [0.1, 0.15) is 37.0 Å². The molecule has 5 heteroatoms. The quantitative estimate of drug-likeness (QED) is 0.858. The van der Waals surface area contributed by atoms with Crippen LogP contribution < -0.4 is 5.73 Å². The maximum Gasteiger partial charge on any atom is 0.159 e. The van der Waals surface area contributed by atoms with Gasteiger partial charge in [-0.15, -0.1) is 0 Å². The average molecular weight is 231 g/mol. The van der Waals surface area contributed by atoms with Gasteiger partial charge >= 0.3 is 0 Å². The molecule has 5 nitrogen and oxygen atoms in total. The molecule has 2 aromatic heterocycles. The van der Waals surface area contributed by atoms with Gasteiger partial charge in [0.05, 0.1) is 5.69 Å². The Balaban J connectivity index is 2.55. The van der Waals surface area contributed by atoms with Gasteiger partial charge < -0.3 is 5.73 Å². The molecule has 0 unspecified atom stereocenters. The topological polar surface area (TPSA) is 69.6 Å². The molecule has 0 atom stereocenters. The van der Waals surface area contributed by atoms with Gasteiger partial charge in [-0.2, -0.15) is 5.10 Å². The summed E-state index contributed by atoms with van der Waals surface area (Å²) in [7, 11) is 0. The summed E-state index contributed by atoms with van der Waals surface area (Å²) in [5.74, 6) is 2.19. The standard InChI is InChI=1S/C12H17N5/c1-7(2)12-14-10(13)6-11(15-12)17-9(4)5-8(3)16-17/h5-7H,1-4H3,(H2,13,14,15). The first-order chi connectivity index (χ1) is 7.97. The van der Waals surface area contributed by atoms with Crippen molar-refractivity contribution in [2.24, 2.45) is 0 Å². The summed E-state index contributed by atoms with van der Waals surface area (Å²) in [6.45, 7) is 8.03. The molecule has 0 spiro atoms. The fourth-order valence-corrected chi connectivity index (χ4v) is 1.70. The van der Waals surface area contributed by atoms with E-state index in [4.69, 9.17) is 5.73 Å². The van der Waals surface area contributed by atoms with Gasteiger partial charge in [0.1, 0.15) is 11.6 Å². The summed E-state index contributed by atoms with van der Waals surface area (Å²) in [6, 6.07) is 3.75. The maximum absolute atomic E-state index is 5.80. The maximum atomic E-state index is 5.80. The lowest BCUT2D eigenvalue weighted by Gasteiger charge is -2.09. The molecule has 0 aliphatic carbocycles. The van der Waals surface area contributed by atoms with Crippen LogP contribution in [0, 0.1) is 13.8 Å². The van der Waals surface area contributed by atoms with Crippen molar-refractivity contribution in [1.29, 1.82) is 0 Å². The van der Waals surface area contributed by atoms with Crippen LogP contribution in [0.15, 0.2) is 12.1 Å². The van der Waals surface area contributed by atoms with Crippen molar-refractivity contribution < 1.29 is 0 Å². The first kappa shape index (κ1) is 11.6. The lowest BCUT2D eigenvalue weighted by molar-refractivity contribution is 0.738. The molecule has 0 amide bonds. The highest BCUT2D eigenvalue weighted by Crippen LogP contribution is 2.16. The van der Waals surface area contributed by atoms with Crippen LogP contribution in [0.5, 0.6) is 0 Å². The first-order valence-corrected chi connectivity index (χ1v) is 5.65. The molecular formula is C12H17N5. The van der Waals surface area contributed by atoms with Gasteiger partial charge in [0.15, 0.2) is 5.82 Å². The van der Waals surface area contributed by atoms with Crippen LogP contribution in [-0.2, 0) is 0 Å². The van der Waals surface area contributed by atoms with E-state index in [2.05, 4.69) is 15.1 Å². The van der Waals surface area contributed by atoms with Crippen molar-refractivity contribution in [3.8, 4) is 5.82 Å². The smallest absolute Gasteiger partial charge is 0.159 e. The van der Waals surface area contributed by atoms with E-state index in [1.165, 1.54) is 0 Å². The Bertz CT molecular complexity index is 542. The van der Waals surface area contributed by atoms with Crippen LogP contribution in [-0.4, -0.2) is 19.7 Å². The summed E-state index contributed by atoms with van der Waals surface area (Å²) >= 11 is 0. The summed E-state index contributed by atoms with van der Waals surface area (Å²) in [6.07, 6.45) is 0. The van der Waals surface area contributed by atoms with Crippen LogP contribution in [0.2, 0.25) is 0 Å². The zero-order chi connectivity index (χ0) is 12.6. The van der Waals surface area contributed by atoms with Gasteiger partial charge in [-0.1, -0.05) is 13.8 Å². The average Bonchev–Trinajstić information content (AvgIpc) is 2.57. The molecule has 0 aliphatic heterocycles. The SMILES string of the molecule is Cc1cc(C)n(-c2cc(N)nc(C(C)C)n2)n1. The van der Waals surface area contributed by atoms with E-state index in [9.17, 15) is 0 Å². The van der Waals surface area contributed by atoms with E-state index in [1.807, 2.05) is 33.8 Å². The van der Waals surface area contributed by atoms with Crippen molar-refractivity contribution in [3.63, 3.8) is 0 Å². The second kappa shape index (κ2) is 4.16. The Hall–Kier alpha value is -1.91. The van der Waals surface area contributed by atoms with E-state index in [1.54, 1.807) is 10.7 Å². The van der Waals surface area contributed by atoms with Gasteiger partial charge in [0, 0.05) is 17.7 Å². The van der Waals surface area contributed by atoms with Gasteiger partial charge in [-0.05, 0) is 19.9 Å². The van der Waals surface area contributed by atoms with Crippen molar-refractivity contribution in [3.05, 3.63) is 29.3 Å². The summed E-state index contributed by atoms with van der Waals surface area (Å²) in [4.78, 5) is 8.71. The van der Waals surface area contributed by atoms with E-state index in [0.717, 1.165) is 23.0 Å². The van der Waals surface area contributed by atoms with Crippen LogP contribution in [0.25, 0.3) is 5.82 Å². The lowest BCUT2D eigenvalue weighted by Crippen LogP contribution is -2.08. The molecule has 0 saturated heterocycles. The van der Waals surface area contributed by atoms with Crippen LogP contribution in [0.4, 0.5) is 5.82 Å². The van der Waals surface area contributed by atoms with Crippen molar-refractivity contribution in [2.75, 3.05) is 5.73 Å². The van der Waals surface area contributed by atoms with Gasteiger partial charge in [0.2, 0.25) is 0 Å². The third kappa shape index (κ3) is 2.27. The van der Waals surface area contributed by atoms with E-state index >= 15 is 0 Å². The number of aryl methyl sites for hydroxylation is 2. The van der Waals surface area contributed by atoms with Crippen molar-refractivity contribution in [2.45, 2.75) is 33.6 Å². The Morgan fingerprint density at radius 3 is 2.41 bits per heavy atom. The fraction of sp³-hybridized carbons (Fsp3) is 0.417. The van der Waals surface area contributed by atoms with Gasteiger partial charge in [-0.3, -0.25) is 0 Å². The molecule has 17 heavy (non-hydrogen) atoms. The molecule has 2 heterocycles. The molecule has 90 valence electrons. The molecule has 0 aromatic carbocycles. The molecule has 2 N–H and O–H groups in total. The molecule has 0 saturated carbocycles. The number of nitrogen functional groups attached to an aromatic ring is 1. The molecule has 0 radical (unpaired) electrons. The van der Waals surface area contributed by atoms with E-state index in [-0.39, 0.29) is 5.92 Å². The molecule has 0 fully saturated rings. The highest BCUT2D eigenvalue weighted by Gasteiger charge is 2.10. The Kier molecular flexibility index (Phi) is 2.83. The molecule has 2 aromatic rings. The van der Waals surface area contributed by atoms with Crippen molar-refractivity contribution >= 4 is 5.82 Å². The number of hydrogen-bond donors (Lipinski definition) is 1. The number of hydrogen-bond acceptors (Lipinski definition) is 4. The number of rotatable bonds is 2. The predicted molar refractivity (Wildman–Crippen MR) is 67.1 cm³/mol. The summed E-state index contributed by atoms with van der Waals surface area (Å²) < 4.78 is 1.79. The second-order valence-electron chi connectivity index (χ2n) is 4.50. The first-order valence-electron chi connectivity index (χ1n) is 5.65. The monoisotopic (exact) mass is 231 g/mol. The number of nitrogens with two attached hydrogens (primary N) is 1. The molecule has 2 rings (SSSR count). The van der Waals surface area contributed by atoms with E-state index in [0.29, 0.717) is 5.82 Å². The minimum absolute atomic E-state index is 0.245. The summed E-state index contributed by atoms with van der Waals surface area (Å²) in [5, 5.41) is 4.39. The highest BCUT2D eigenvalue weighted by atomic mass is 15.3. The second-order valence-corrected chi connectivity index (χ2v) is 4.50. The van der Waals surface area contributed by atoms with Gasteiger partial charge in [0.25, 0.3) is 0 Å². The fourth-order valence-electron chi connectivity index (χ4n) is 1.70.